The Labute approximate surface area is 77.6 Å². The van der Waals surface area contributed by atoms with Gasteiger partial charge in [-0.15, -0.1) is 4.52 Å². The molecule has 0 aliphatic carbocycles. The van der Waals surface area contributed by atoms with Gasteiger partial charge in [0.05, 0.1) is 5.56 Å². The van der Waals surface area contributed by atoms with Crippen molar-refractivity contribution in [3.05, 3.63) is 29.8 Å². The second kappa shape index (κ2) is 4.85. The second-order valence-electron chi connectivity index (χ2n) is 2.35. The summed E-state index contributed by atoms with van der Waals surface area (Å²) in [4.78, 5) is 10.6. The summed E-state index contributed by atoms with van der Waals surface area (Å²) in [5.74, 6) is 0. The molecule has 1 aromatic carbocycles. The van der Waals surface area contributed by atoms with E-state index in [2.05, 4.69) is 0 Å². The lowest BCUT2D eigenvalue weighted by molar-refractivity contribution is 0.112. The van der Waals surface area contributed by atoms with E-state index in [0.717, 1.165) is 0 Å². The summed E-state index contributed by atoms with van der Waals surface area (Å²) in [6, 6.07) is 6.71. The van der Waals surface area contributed by atoms with Gasteiger partial charge in [-0.2, -0.15) is 0 Å². The third kappa shape index (κ3) is 2.44. The quantitative estimate of drug-likeness (QED) is 0.547. The van der Waals surface area contributed by atoms with Crippen LogP contribution in [0.3, 0.4) is 0 Å². The molecule has 0 amide bonds. The molecule has 4 heteroatoms. The molecule has 1 aromatic rings. The third-order valence-corrected chi connectivity index (χ3v) is 2.80. The van der Waals surface area contributed by atoms with Crippen molar-refractivity contribution in [2.75, 3.05) is 6.61 Å². The predicted octanol–water partition coefficient (Wildman–Crippen LogP) is 1.90. The summed E-state index contributed by atoms with van der Waals surface area (Å²) in [7, 11) is -1.88. The van der Waals surface area contributed by atoms with Crippen molar-refractivity contribution < 1.29 is 13.9 Å². The van der Waals surface area contributed by atoms with E-state index in [1.807, 2.05) is 0 Å². The van der Waals surface area contributed by atoms with E-state index in [-0.39, 0.29) is 0 Å². The van der Waals surface area contributed by atoms with Gasteiger partial charge in [-0.05, 0) is 23.6 Å². The standard InChI is InChI=1S/C9H10O3P/c1-2-12-13(11)9-6-4-3-5-8(9)7-10/h3-7H,2H2,1H3/q+1. The molecule has 0 saturated heterocycles. The van der Waals surface area contributed by atoms with Crippen LogP contribution < -0.4 is 5.30 Å². The van der Waals surface area contributed by atoms with Crippen molar-refractivity contribution in [1.29, 1.82) is 0 Å². The first-order valence-corrected chi connectivity index (χ1v) is 5.11. The summed E-state index contributed by atoms with van der Waals surface area (Å²) >= 11 is 0. The molecule has 0 saturated carbocycles. The highest BCUT2D eigenvalue weighted by atomic mass is 31.1. The van der Waals surface area contributed by atoms with Crippen LogP contribution in [0.5, 0.6) is 0 Å². The Morgan fingerprint density at radius 1 is 1.46 bits per heavy atom. The first-order valence-electron chi connectivity index (χ1n) is 3.94. The van der Waals surface area contributed by atoms with Gasteiger partial charge >= 0.3 is 8.03 Å². The van der Waals surface area contributed by atoms with Gasteiger partial charge in [0, 0.05) is 0 Å². The van der Waals surface area contributed by atoms with Crippen LogP contribution in [-0.4, -0.2) is 12.9 Å². The number of aldehydes is 1. The Balaban J connectivity index is 2.98. The van der Waals surface area contributed by atoms with Crippen molar-refractivity contribution in [1.82, 2.24) is 0 Å². The number of carbonyl (C=O) groups excluding carboxylic acids is 1. The van der Waals surface area contributed by atoms with Gasteiger partial charge in [-0.1, -0.05) is 12.1 Å². The van der Waals surface area contributed by atoms with Gasteiger partial charge in [0.1, 0.15) is 6.61 Å². The molecule has 0 radical (unpaired) electrons. The minimum absolute atomic E-state index is 0.377. The molecule has 0 N–H and O–H groups in total. The number of benzene rings is 1. The highest BCUT2D eigenvalue weighted by molar-refractivity contribution is 7.48. The summed E-state index contributed by atoms with van der Waals surface area (Å²) in [6.45, 7) is 2.14. The van der Waals surface area contributed by atoms with E-state index < -0.39 is 8.03 Å². The zero-order chi connectivity index (χ0) is 9.68. The Morgan fingerprint density at radius 3 is 2.77 bits per heavy atom. The Morgan fingerprint density at radius 2 is 2.15 bits per heavy atom. The summed E-state index contributed by atoms with van der Waals surface area (Å²) in [5, 5.41) is 0.467. The largest absolute Gasteiger partial charge is 0.549 e. The molecule has 0 aliphatic heterocycles. The van der Waals surface area contributed by atoms with Crippen molar-refractivity contribution >= 4 is 19.6 Å². The maximum absolute atomic E-state index is 11.4. The second-order valence-corrected chi connectivity index (χ2v) is 3.61. The molecule has 0 spiro atoms. The molecular weight excluding hydrogens is 187 g/mol. The highest BCUT2D eigenvalue weighted by Gasteiger charge is 2.24. The lowest BCUT2D eigenvalue weighted by atomic mass is 10.2. The predicted molar refractivity (Wildman–Crippen MR) is 50.7 cm³/mol. The number of rotatable bonds is 4. The number of hydrogen-bond donors (Lipinski definition) is 0. The first-order chi connectivity index (χ1) is 6.29. The van der Waals surface area contributed by atoms with Gasteiger partial charge in [0.2, 0.25) is 5.30 Å². The Kier molecular flexibility index (Phi) is 3.74. The molecule has 1 atom stereocenters. The van der Waals surface area contributed by atoms with E-state index in [4.69, 9.17) is 4.52 Å². The van der Waals surface area contributed by atoms with Crippen molar-refractivity contribution in [3.8, 4) is 0 Å². The topological polar surface area (TPSA) is 43.4 Å². The van der Waals surface area contributed by atoms with E-state index in [9.17, 15) is 9.36 Å². The zero-order valence-corrected chi connectivity index (χ0v) is 8.16. The van der Waals surface area contributed by atoms with E-state index in [1.54, 1.807) is 31.2 Å². The van der Waals surface area contributed by atoms with Crippen molar-refractivity contribution in [2.45, 2.75) is 6.92 Å². The van der Waals surface area contributed by atoms with Crippen LogP contribution >= 0.6 is 8.03 Å². The molecule has 1 rings (SSSR count). The minimum Gasteiger partial charge on any atom is -0.298 e. The van der Waals surface area contributed by atoms with Crippen molar-refractivity contribution in [2.24, 2.45) is 0 Å². The maximum atomic E-state index is 11.4. The van der Waals surface area contributed by atoms with Gasteiger partial charge < -0.3 is 0 Å². The first kappa shape index (κ1) is 10.0. The zero-order valence-electron chi connectivity index (χ0n) is 7.27. The van der Waals surface area contributed by atoms with Crippen LogP contribution in [0.1, 0.15) is 17.3 Å². The summed E-state index contributed by atoms with van der Waals surface area (Å²) in [6.07, 6.45) is 0.682. The number of hydrogen-bond acceptors (Lipinski definition) is 3. The third-order valence-electron chi connectivity index (χ3n) is 1.51. The van der Waals surface area contributed by atoms with Crippen LogP contribution in [0.2, 0.25) is 0 Å². The molecule has 1 unspecified atom stereocenters. The molecule has 13 heavy (non-hydrogen) atoms. The van der Waals surface area contributed by atoms with Crippen LogP contribution in [0.25, 0.3) is 0 Å². The molecule has 0 heterocycles. The fourth-order valence-electron chi connectivity index (χ4n) is 0.940. The molecule has 0 bridgehead atoms. The molecule has 0 aliphatic rings. The monoisotopic (exact) mass is 197 g/mol. The smallest absolute Gasteiger partial charge is 0.298 e. The fourth-order valence-corrected chi connectivity index (χ4v) is 1.86. The highest BCUT2D eigenvalue weighted by Crippen LogP contribution is 2.22. The number of carbonyl (C=O) groups is 1. The Hall–Kier alpha value is -1.05. The van der Waals surface area contributed by atoms with Crippen LogP contribution in [0.15, 0.2) is 24.3 Å². The van der Waals surface area contributed by atoms with Crippen LogP contribution in [0.4, 0.5) is 0 Å². The van der Waals surface area contributed by atoms with Gasteiger partial charge in [-0.3, -0.25) is 4.79 Å². The van der Waals surface area contributed by atoms with Crippen molar-refractivity contribution in [3.63, 3.8) is 0 Å². The van der Waals surface area contributed by atoms with Crippen LogP contribution in [0, 0.1) is 0 Å². The van der Waals surface area contributed by atoms with E-state index >= 15 is 0 Å². The maximum Gasteiger partial charge on any atom is 0.549 e. The molecule has 0 aromatic heterocycles. The summed E-state index contributed by atoms with van der Waals surface area (Å²) in [5.41, 5.74) is 0.428. The average molecular weight is 197 g/mol. The van der Waals surface area contributed by atoms with Gasteiger partial charge in [-0.25, -0.2) is 0 Å². The van der Waals surface area contributed by atoms with E-state index in [0.29, 0.717) is 23.8 Å². The van der Waals surface area contributed by atoms with Gasteiger partial charge in [0.25, 0.3) is 0 Å². The average Bonchev–Trinajstić information content (AvgIpc) is 2.18. The lowest BCUT2D eigenvalue weighted by Crippen LogP contribution is -2.05. The molecule has 0 fully saturated rings. The lowest BCUT2D eigenvalue weighted by Gasteiger charge is -1.90. The fraction of sp³-hybridized carbons (Fsp3) is 0.222. The van der Waals surface area contributed by atoms with Crippen LogP contribution in [-0.2, 0) is 9.09 Å². The van der Waals surface area contributed by atoms with E-state index in [1.165, 1.54) is 0 Å². The molecular formula is C9H10O3P+. The molecule has 3 nitrogen and oxygen atoms in total. The minimum atomic E-state index is -1.88. The normalized spacial score (nSPS) is 11.0. The Bertz CT molecular complexity index is 322. The SMILES string of the molecule is CCO[P+](=O)c1ccccc1C=O. The van der Waals surface area contributed by atoms with Gasteiger partial charge in [0.15, 0.2) is 6.29 Å². The molecule has 68 valence electrons. The summed E-state index contributed by atoms with van der Waals surface area (Å²) < 4.78 is 16.3.